The van der Waals surface area contributed by atoms with Gasteiger partial charge in [-0.3, -0.25) is 9.55 Å². The lowest BCUT2D eigenvalue weighted by Crippen LogP contribution is -2.02. The van der Waals surface area contributed by atoms with E-state index in [2.05, 4.69) is 38.8 Å². The minimum Gasteiger partial charge on any atom is -0.270 e. The first kappa shape index (κ1) is 17.8. The van der Waals surface area contributed by atoms with E-state index >= 15 is 0 Å². The van der Waals surface area contributed by atoms with Crippen molar-refractivity contribution < 1.29 is 0 Å². The van der Waals surface area contributed by atoms with Gasteiger partial charge >= 0.3 is 0 Å². The maximum Gasteiger partial charge on any atom is 0.196 e. The Hall–Kier alpha value is -2.63. The molecule has 2 aromatic carbocycles. The lowest BCUT2D eigenvalue weighted by molar-refractivity contribution is 0.880. The highest BCUT2D eigenvalue weighted by Gasteiger charge is 2.17. The molecule has 4 rings (SSSR count). The molecule has 0 atom stereocenters. The maximum atomic E-state index is 5.98. The van der Waals surface area contributed by atoms with Crippen LogP contribution in [-0.2, 0) is 5.75 Å². The molecule has 0 N–H and O–H groups in total. The third kappa shape index (κ3) is 3.89. The molecular weight excluding hydrogens is 376 g/mol. The van der Waals surface area contributed by atoms with Crippen LogP contribution in [0.15, 0.2) is 78.2 Å². The molecule has 0 saturated heterocycles. The first-order valence-corrected chi connectivity index (χ1v) is 9.88. The summed E-state index contributed by atoms with van der Waals surface area (Å²) in [7, 11) is 0. The van der Waals surface area contributed by atoms with Crippen molar-refractivity contribution in [1.82, 2.24) is 19.7 Å². The standard InChI is InChI=1S/C21H17ClN4S/c1-15-4-2-3-5-19(15)26-20(17-10-12-23-13-11-17)24-25-21(26)27-14-16-6-8-18(22)9-7-16/h2-13H,14H2,1H3. The largest absolute Gasteiger partial charge is 0.270 e. The van der Waals surface area contributed by atoms with Crippen LogP contribution in [0.1, 0.15) is 11.1 Å². The highest BCUT2D eigenvalue weighted by molar-refractivity contribution is 7.98. The fourth-order valence-corrected chi connectivity index (χ4v) is 3.84. The fourth-order valence-electron chi connectivity index (χ4n) is 2.81. The van der Waals surface area contributed by atoms with Crippen molar-refractivity contribution in [2.75, 3.05) is 0 Å². The molecule has 0 spiro atoms. The highest BCUT2D eigenvalue weighted by atomic mass is 35.5. The molecule has 0 bridgehead atoms. The van der Waals surface area contributed by atoms with Crippen LogP contribution in [0.2, 0.25) is 5.02 Å². The van der Waals surface area contributed by atoms with E-state index in [1.165, 1.54) is 11.1 Å². The number of thioether (sulfide) groups is 1. The monoisotopic (exact) mass is 392 g/mol. The quantitative estimate of drug-likeness (QED) is 0.415. The second-order valence-corrected chi connectivity index (χ2v) is 7.46. The van der Waals surface area contributed by atoms with E-state index in [0.29, 0.717) is 0 Å². The summed E-state index contributed by atoms with van der Waals surface area (Å²) in [6.07, 6.45) is 3.54. The van der Waals surface area contributed by atoms with Gasteiger partial charge in [-0.05, 0) is 48.4 Å². The van der Waals surface area contributed by atoms with Gasteiger partial charge in [0.2, 0.25) is 0 Å². The molecule has 0 saturated carbocycles. The molecule has 0 unspecified atom stereocenters. The van der Waals surface area contributed by atoms with Crippen LogP contribution in [0, 0.1) is 6.92 Å². The van der Waals surface area contributed by atoms with Crippen LogP contribution in [0.4, 0.5) is 0 Å². The van der Waals surface area contributed by atoms with Crippen molar-refractivity contribution >= 4 is 23.4 Å². The van der Waals surface area contributed by atoms with E-state index in [4.69, 9.17) is 11.6 Å². The zero-order valence-electron chi connectivity index (χ0n) is 14.7. The molecule has 134 valence electrons. The summed E-state index contributed by atoms with van der Waals surface area (Å²) in [5.41, 5.74) is 4.42. The number of hydrogen-bond donors (Lipinski definition) is 0. The molecular formula is C21H17ClN4S. The van der Waals surface area contributed by atoms with Crippen LogP contribution in [0.3, 0.4) is 0 Å². The van der Waals surface area contributed by atoms with Crippen LogP contribution < -0.4 is 0 Å². The first-order valence-electron chi connectivity index (χ1n) is 8.51. The predicted molar refractivity (Wildman–Crippen MR) is 110 cm³/mol. The average molecular weight is 393 g/mol. The number of pyridine rings is 1. The topological polar surface area (TPSA) is 43.6 Å². The van der Waals surface area contributed by atoms with Crippen LogP contribution in [0.5, 0.6) is 0 Å². The van der Waals surface area contributed by atoms with E-state index in [0.717, 1.165) is 33.0 Å². The zero-order chi connectivity index (χ0) is 18.6. The van der Waals surface area contributed by atoms with Crippen molar-refractivity contribution in [3.8, 4) is 17.1 Å². The molecule has 4 nitrogen and oxygen atoms in total. The summed E-state index contributed by atoms with van der Waals surface area (Å²) < 4.78 is 2.12. The maximum absolute atomic E-state index is 5.98. The van der Waals surface area contributed by atoms with E-state index in [1.807, 2.05) is 48.5 Å². The number of aryl methyl sites for hydroxylation is 1. The van der Waals surface area contributed by atoms with Crippen LogP contribution in [0.25, 0.3) is 17.1 Å². The van der Waals surface area contributed by atoms with E-state index < -0.39 is 0 Å². The van der Waals surface area contributed by atoms with Crippen molar-refractivity contribution in [3.05, 3.63) is 89.2 Å². The Balaban J connectivity index is 1.74. The van der Waals surface area contributed by atoms with Gasteiger partial charge in [0.1, 0.15) is 0 Å². The first-order chi connectivity index (χ1) is 13.2. The minimum absolute atomic E-state index is 0.742. The number of hydrogen-bond acceptors (Lipinski definition) is 4. The van der Waals surface area contributed by atoms with E-state index in [-0.39, 0.29) is 0 Å². The number of rotatable bonds is 5. The fraction of sp³-hybridized carbons (Fsp3) is 0.0952. The van der Waals surface area contributed by atoms with Gasteiger partial charge in [-0.25, -0.2) is 0 Å². The molecule has 27 heavy (non-hydrogen) atoms. The molecule has 2 heterocycles. The summed E-state index contributed by atoms with van der Waals surface area (Å²) in [6, 6.07) is 20.1. The molecule has 0 aliphatic carbocycles. The smallest absolute Gasteiger partial charge is 0.196 e. The number of halogens is 1. The Kier molecular flexibility index (Phi) is 5.23. The third-order valence-corrected chi connectivity index (χ3v) is 5.46. The lowest BCUT2D eigenvalue weighted by Gasteiger charge is -2.12. The number of aromatic nitrogens is 4. The Morgan fingerprint density at radius 1 is 0.926 bits per heavy atom. The van der Waals surface area contributed by atoms with E-state index in [9.17, 15) is 0 Å². The Labute approximate surface area is 167 Å². The second-order valence-electron chi connectivity index (χ2n) is 6.08. The summed E-state index contributed by atoms with van der Waals surface area (Å²) in [6.45, 7) is 2.10. The third-order valence-electron chi connectivity index (χ3n) is 4.21. The number of nitrogens with zero attached hydrogens (tertiary/aromatic N) is 4. The van der Waals surface area contributed by atoms with Crippen molar-refractivity contribution in [3.63, 3.8) is 0 Å². The zero-order valence-corrected chi connectivity index (χ0v) is 16.3. The van der Waals surface area contributed by atoms with Gasteiger partial charge in [-0.1, -0.05) is 53.7 Å². The van der Waals surface area contributed by atoms with Gasteiger partial charge in [-0.15, -0.1) is 10.2 Å². The Bertz CT molecular complexity index is 1050. The molecule has 0 fully saturated rings. The Morgan fingerprint density at radius 3 is 2.41 bits per heavy atom. The van der Waals surface area contributed by atoms with Gasteiger partial charge in [0, 0.05) is 28.7 Å². The van der Waals surface area contributed by atoms with Crippen molar-refractivity contribution in [1.29, 1.82) is 0 Å². The second kappa shape index (κ2) is 7.94. The van der Waals surface area contributed by atoms with Crippen molar-refractivity contribution in [2.24, 2.45) is 0 Å². The number of benzene rings is 2. The molecule has 0 aliphatic rings. The van der Waals surface area contributed by atoms with Gasteiger partial charge < -0.3 is 0 Å². The molecule has 0 aliphatic heterocycles. The van der Waals surface area contributed by atoms with Gasteiger partial charge in [0.25, 0.3) is 0 Å². The summed E-state index contributed by atoms with van der Waals surface area (Å²) in [5.74, 6) is 1.60. The van der Waals surface area contributed by atoms with Crippen molar-refractivity contribution in [2.45, 2.75) is 17.8 Å². The minimum atomic E-state index is 0.742. The summed E-state index contributed by atoms with van der Waals surface area (Å²) in [4.78, 5) is 4.11. The normalized spacial score (nSPS) is 10.9. The SMILES string of the molecule is Cc1ccccc1-n1c(SCc2ccc(Cl)cc2)nnc1-c1ccncc1. The molecule has 0 amide bonds. The van der Waals surface area contributed by atoms with E-state index in [1.54, 1.807) is 24.2 Å². The molecule has 4 aromatic rings. The molecule has 2 aromatic heterocycles. The van der Waals surface area contributed by atoms with Gasteiger partial charge in [0.15, 0.2) is 11.0 Å². The van der Waals surface area contributed by atoms with Crippen LogP contribution >= 0.6 is 23.4 Å². The average Bonchev–Trinajstić information content (AvgIpc) is 3.12. The number of para-hydroxylation sites is 1. The van der Waals surface area contributed by atoms with Gasteiger partial charge in [-0.2, -0.15) is 0 Å². The molecule has 6 heteroatoms. The summed E-state index contributed by atoms with van der Waals surface area (Å²) in [5, 5.41) is 10.5. The van der Waals surface area contributed by atoms with Crippen LogP contribution in [-0.4, -0.2) is 19.7 Å². The molecule has 0 radical (unpaired) electrons. The van der Waals surface area contributed by atoms with Gasteiger partial charge in [0.05, 0.1) is 5.69 Å². The Morgan fingerprint density at radius 2 is 1.67 bits per heavy atom. The highest BCUT2D eigenvalue weighted by Crippen LogP contribution is 2.30. The lowest BCUT2D eigenvalue weighted by atomic mass is 10.2. The predicted octanol–water partition coefficient (Wildman–Crippen LogP) is 5.58. The summed E-state index contributed by atoms with van der Waals surface area (Å²) >= 11 is 7.64.